The molecule has 3 nitrogen and oxygen atoms in total. The smallest absolute Gasteiger partial charge is 0.183 e. The largest absolute Gasteiger partial charge is 0.352 e. The molecule has 16 heavy (non-hydrogen) atoms. The Morgan fingerprint density at radius 3 is 2.75 bits per heavy atom. The summed E-state index contributed by atoms with van der Waals surface area (Å²) in [6, 6.07) is 0.282. The Labute approximate surface area is 104 Å². The van der Waals surface area contributed by atoms with Crippen LogP contribution in [0.3, 0.4) is 0 Å². The van der Waals surface area contributed by atoms with E-state index in [1.54, 1.807) is 22.7 Å². The molecule has 2 aromatic rings. The number of nitrogens with zero attached hydrogens (tertiary/aromatic N) is 2. The molecule has 1 N–H and O–H groups in total. The fourth-order valence-corrected chi connectivity index (χ4v) is 3.07. The first-order chi connectivity index (χ1) is 7.70. The molecular weight excluding hydrogens is 238 g/mol. The van der Waals surface area contributed by atoms with Gasteiger partial charge in [0.2, 0.25) is 0 Å². The second kappa shape index (κ2) is 4.93. The summed E-state index contributed by atoms with van der Waals surface area (Å²) in [5.41, 5.74) is 1.11. The Bertz CT molecular complexity index is 428. The fourth-order valence-electron chi connectivity index (χ4n) is 1.43. The van der Waals surface area contributed by atoms with Gasteiger partial charge in [0.15, 0.2) is 5.13 Å². The summed E-state index contributed by atoms with van der Waals surface area (Å²) in [6.07, 6.45) is 2.87. The zero-order valence-corrected chi connectivity index (χ0v) is 11.3. The van der Waals surface area contributed by atoms with E-state index in [1.165, 1.54) is 4.88 Å². The van der Waals surface area contributed by atoms with Crippen molar-refractivity contribution in [1.82, 2.24) is 9.97 Å². The Balaban J connectivity index is 2.13. The Morgan fingerprint density at radius 2 is 2.25 bits per heavy atom. The maximum Gasteiger partial charge on any atom is 0.183 e. The summed E-state index contributed by atoms with van der Waals surface area (Å²) in [4.78, 5) is 10.1. The summed E-state index contributed by atoms with van der Waals surface area (Å²) < 4.78 is 0. The van der Waals surface area contributed by atoms with Gasteiger partial charge in [-0.2, -0.15) is 0 Å². The maximum atomic E-state index is 4.49. The maximum absolute atomic E-state index is 4.49. The summed E-state index contributed by atoms with van der Waals surface area (Å²) in [5, 5.41) is 7.59. The molecule has 0 saturated carbocycles. The van der Waals surface area contributed by atoms with Crippen LogP contribution < -0.4 is 5.32 Å². The minimum Gasteiger partial charge on any atom is -0.352 e. The number of rotatable bonds is 4. The average molecular weight is 253 g/mol. The monoisotopic (exact) mass is 253 g/mol. The lowest BCUT2D eigenvalue weighted by atomic mass is 10.2. The van der Waals surface area contributed by atoms with Gasteiger partial charge in [-0.3, -0.25) is 0 Å². The molecule has 2 rings (SSSR count). The van der Waals surface area contributed by atoms with Crippen LogP contribution in [0, 0.1) is 13.8 Å². The Kier molecular flexibility index (Phi) is 3.56. The second-order valence-electron chi connectivity index (χ2n) is 3.64. The first-order valence-electron chi connectivity index (χ1n) is 5.30. The standard InChI is InChI=1S/C11H15N3S2/c1-4-9(10-12-5-6-15-10)14-11-13-7(2)8(3)16-11/h5-6,9H,4H2,1-3H3,(H,13,14). The summed E-state index contributed by atoms with van der Waals surface area (Å²) in [7, 11) is 0. The van der Waals surface area contributed by atoms with Crippen LogP contribution in [0.25, 0.3) is 0 Å². The summed E-state index contributed by atoms with van der Waals surface area (Å²) >= 11 is 3.40. The van der Waals surface area contributed by atoms with E-state index in [4.69, 9.17) is 0 Å². The molecule has 0 aliphatic carbocycles. The van der Waals surface area contributed by atoms with Crippen LogP contribution in [0.15, 0.2) is 11.6 Å². The molecule has 5 heteroatoms. The van der Waals surface area contributed by atoms with E-state index >= 15 is 0 Å². The SMILES string of the molecule is CCC(Nc1nc(C)c(C)s1)c1nccs1. The van der Waals surface area contributed by atoms with E-state index in [9.17, 15) is 0 Å². The number of hydrogen-bond donors (Lipinski definition) is 1. The van der Waals surface area contributed by atoms with E-state index in [-0.39, 0.29) is 6.04 Å². The summed E-state index contributed by atoms with van der Waals surface area (Å²) in [6.45, 7) is 6.30. The van der Waals surface area contributed by atoms with Crippen molar-refractivity contribution in [3.8, 4) is 0 Å². The van der Waals surface area contributed by atoms with Gasteiger partial charge in [-0.15, -0.1) is 22.7 Å². The third-order valence-electron chi connectivity index (χ3n) is 2.48. The highest BCUT2D eigenvalue weighted by molar-refractivity contribution is 7.15. The predicted octanol–water partition coefficient (Wildman–Crippen LogP) is 3.78. The van der Waals surface area contributed by atoms with Gasteiger partial charge >= 0.3 is 0 Å². The third-order valence-corrected chi connectivity index (χ3v) is 4.38. The van der Waals surface area contributed by atoms with Crippen molar-refractivity contribution < 1.29 is 0 Å². The number of nitrogens with one attached hydrogen (secondary N) is 1. The van der Waals surface area contributed by atoms with Crippen LogP contribution in [0.1, 0.15) is 35.0 Å². The molecule has 0 aromatic carbocycles. The van der Waals surface area contributed by atoms with Gasteiger partial charge in [0.05, 0.1) is 11.7 Å². The molecule has 0 aliphatic rings. The minimum absolute atomic E-state index is 0.282. The molecule has 0 bridgehead atoms. The molecule has 0 amide bonds. The molecule has 0 saturated heterocycles. The van der Waals surface area contributed by atoms with Crippen LogP contribution in [0.2, 0.25) is 0 Å². The van der Waals surface area contributed by atoms with Gasteiger partial charge in [-0.1, -0.05) is 6.92 Å². The van der Waals surface area contributed by atoms with E-state index in [1.807, 2.05) is 18.5 Å². The van der Waals surface area contributed by atoms with Gasteiger partial charge in [-0.25, -0.2) is 9.97 Å². The molecule has 1 unspecified atom stereocenters. The van der Waals surface area contributed by atoms with Gasteiger partial charge in [0, 0.05) is 16.5 Å². The molecule has 0 spiro atoms. The van der Waals surface area contributed by atoms with E-state index in [0.29, 0.717) is 0 Å². The van der Waals surface area contributed by atoms with Crippen molar-refractivity contribution in [2.45, 2.75) is 33.2 Å². The van der Waals surface area contributed by atoms with Gasteiger partial charge in [0.1, 0.15) is 5.01 Å². The first kappa shape index (κ1) is 11.5. The topological polar surface area (TPSA) is 37.8 Å². The zero-order chi connectivity index (χ0) is 11.5. The van der Waals surface area contributed by atoms with Crippen molar-refractivity contribution in [3.05, 3.63) is 27.2 Å². The van der Waals surface area contributed by atoms with Gasteiger partial charge in [-0.05, 0) is 20.3 Å². The number of aryl methyl sites for hydroxylation is 2. The van der Waals surface area contributed by atoms with Crippen molar-refractivity contribution in [2.75, 3.05) is 5.32 Å². The lowest BCUT2D eigenvalue weighted by molar-refractivity contribution is 0.740. The van der Waals surface area contributed by atoms with Crippen LogP contribution in [-0.4, -0.2) is 9.97 Å². The van der Waals surface area contributed by atoms with Crippen molar-refractivity contribution in [2.24, 2.45) is 0 Å². The highest BCUT2D eigenvalue weighted by Gasteiger charge is 2.13. The van der Waals surface area contributed by atoms with Gasteiger partial charge in [0.25, 0.3) is 0 Å². The van der Waals surface area contributed by atoms with E-state index in [0.717, 1.165) is 22.3 Å². The van der Waals surface area contributed by atoms with Crippen LogP contribution in [-0.2, 0) is 0 Å². The number of thiazole rings is 2. The van der Waals surface area contributed by atoms with Crippen molar-refractivity contribution in [3.63, 3.8) is 0 Å². The quantitative estimate of drug-likeness (QED) is 0.901. The van der Waals surface area contributed by atoms with Crippen molar-refractivity contribution in [1.29, 1.82) is 0 Å². The van der Waals surface area contributed by atoms with Crippen LogP contribution in [0.5, 0.6) is 0 Å². The first-order valence-corrected chi connectivity index (χ1v) is 7.00. The lowest BCUT2D eigenvalue weighted by Gasteiger charge is -2.12. The zero-order valence-electron chi connectivity index (χ0n) is 9.65. The lowest BCUT2D eigenvalue weighted by Crippen LogP contribution is -2.08. The minimum atomic E-state index is 0.282. The van der Waals surface area contributed by atoms with Gasteiger partial charge < -0.3 is 5.32 Å². The number of anilines is 1. The molecule has 2 heterocycles. The van der Waals surface area contributed by atoms with Crippen LogP contribution >= 0.6 is 22.7 Å². The number of hydrogen-bond acceptors (Lipinski definition) is 5. The Morgan fingerprint density at radius 1 is 1.44 bits per heavy atom. The average Bonchev–Trinajstić information content (AvgIpc) is 2.86. The highest BCUT2D eigenvalue weighted by atomic mass is 32.1. The molecule has 0 radical (unpaired) electrons. The third kappa shape index (κ3) is 2.41. The molecule has 2 aromatic heterocycles. The summed E-state index contributed by atoms with van der Waals surface area (Å²) in [5.74, 6) is 0. The Hall–Kier alpha value is -0.940. The van der Waals surface area contributed by atoms with Crippen molar-refractivity contribution >= 4 is 27.8 Å². The second-order valence-corrected chi connectivity index (χ2v) is 5.77. The molecule has 0 fully saturated rings. The molecular formula is C11H15N3S2. The van der Waals surface area contributed by atoms with E-state index < -0.39 is 0 Å². The predicted molar refractivity (Wildman–Crippen MR) is 70.4 cm³/mol. The van der Waals surface area contributed by atoms with E-state index in [2.05, 4.69) is 29.1 Å². The molecule has 0 aliphatic heterocycles. The highest BCUT2D eigenvalue weighted by Crippen LogP contribution is 2.28. The van der Waals surface area contributed by atoms with Crippen LogP contribution in [0.4, 0.5) is 5.13 Å². The fraction of sp³-hybridized carbons (Fsp3) is 0.455. The number of aromatic nitrogens is 2. The molecule has 86 valence electrons. The normalized spacial score (nSPS) is 12.7. The molecule has 1 atom stereocenters.